The lowest BCUT2D eigenvalue weighted by Crippen LogP contribution is -2.31. The van der Waals surface area contributed by atoms with Gasteiger partial charge in [0.2, 0.25) is 0 Å². The van der Waals surface area contributed by atoms with Gasteiger partial charge in [-0.25, -0.2) is 4.79 Å². The first-order chi connectivity index (χ1) is 11.5. The highest BCUT2D eigenvalue weighted by Crippen LogP contribution is 2.21. The number of rotatable bonds is 6. The average Bonchev–Trinajstić information content (AvgIpc) is 2.60. The van der Waals surface area contributed by atoms with Crippen LogP contribution in [0.2, 0.25) is 5.02 Å². The maximum Gasteiger partial charge on any atom is 0.340 e. The Morgan fingerprint density at radius 2 is 1.92 bits per heavy atom. The zero-order chi connectivity index (χ0) is 17.5. The van der Waals surface area contributed by atoms with Crippen molar-refractivity contribution in [1.29, 1.82) is 0 Å². The van der Waals surface area contributed by atoms with E-state index in [9.17, 15) is 9.59 Å². The molecule has 0 bridgehead atoms. The summed E-state index contributed by atoms with van der Waals surface area (Å²) in [5.41, 5.74) is 1.35. The molecule has 126 valence electrons. The van der Waals surface area contributed by atoms with E-state index in [4.69, 9.17) is 16.3 Å². The molecule has 2 aromatic carbocycles. The van der Waals surface area contributed by atoms with Crippen LogP contribution in [0, 0.1) is 0 Å². The summed E-state index contributed by atoms with van der Waals surface area (Å²) in [6.07, 6.45) is 0. The second kappa shape index (κ2) is 8.85. The molecular formula is C18H17BrClNO3. The largest absolute Gasteiger partial charge is 0.452 e. The second-order valence-electron chi connectivity index (χ2n) is 5.32. The summed E-state index contributed by atoms with van der Waals surface area (Å²) in [4.78, 5) is 23.8. The van der Waals surface area contributed by atoms with Crippen LogP contribution in [0.4, 0.5) is 0 Å². The van der Waals surface area contributed by atoms with Crippen molar-refractivity contribution in [1.82, 2.24) is 5.32 Å². The fourth-order valence-corrected chi connectivity index (χ4v) is 2.64. The van der Waals surface area contributed by atoms with E-state index in [-0.39, 0.29) is 29.0 Å². The smallest absolute Gasteiger partial charge is 0.340 e. The Hall–Kier alpha value is -1.85. The minimum atomic E-state index is -0.632. The lowest BCUT2D eigenvalue weighted by atomic mass is 10.0. The number of amides is 1. The molecule has 0 saturated carbocycles. The Kier molecular flexibility index (Phi) is 6.82. The fraction of sp³-hybridized carbons (Fsp3) is 0.222. The van der Waals surface area contributed by atoms with Gasteiger partial charge in [-0.2, -0.15) is 0 Å². The SMILES string of the molecule is C[C@@H](CNC(=O)COC(=O)c1cc(Br)ccc1Cl)c1ccccc1. The molecule has 0 aliphatic rings. The number of halogens is 2. The molecule has 1 atom stereocenters. The zero-order valence-electron chi connectivity index (χ0n) is 13.1. The van der Waals surface area contributed by atoms with Gasteiger partial charge in [0, 0.05) is 11.0 Å². The number of hydrogen-bond donors (Lipinski definition) is 1. The molecule has 0 spiro atoms. The molecule has 0 aliphatic carbocycles. The predicted molar refractivity (Wildman–Crippen MR) is 97.3 cm³/mol. The third kappa shape index (κ3) is 5.35. The molecular weight excluding hydrogens is 394 g/mol. The predicted octanol–water partition coefficient (Wildman–Crippen LogP) is 4.18. The van der Waals surface area contributed by atoms with E-state index in [0.717, 1.165) is 5.56 Å². The number of ether oxygens (including phenoxy) is 1. The monoisotopic (exact) mass is 409 g/mol. The summed E-state index contributed by atoms with van der Waals surface area (Å²) < 4.78 is 5.72. The van der Waals surface area contributed by atoms with Gasteiger partial charge in [-0.15, -0.1) is 0 Å². The third-order valence-electron chi connectivity index (χ3n) is 3.46. The van der Waals surface area contributed by atoms with E-state index in [0.29, 0.717) is 11.0 Å². The fourth-order valence-electron chi connectivity index (χ4n) is 2.08. The summed E-state index contributed by atoms with van der Waals surface area (Å²) >= 11 is 9.22. The van der Waals surface area contributed by atoms with Gasteiger partial charge in [-0.3, -0.25) is 4.79 Å². The standard InChI is InChI=1S/C18H17BrClNO3/c1-12(13-5-3-2-4-6-13)10-21-17(22)11-24-18(23)15-9-14(19)7-8-16(15)20/h2-9,12H,10-11H2,1H3,(H,21,22)/t12-/m0/s1. The Bertz CT molecular complexity index is 721. The molecule has 0 aromatic heterocycles. The van der Waals surface area contributed by atoms with Gasteiger partial charge in [-0.1, -0.05) is 64.8 Å². The summed E-state index contributed by atoms with van der Waals surface area (Å²) in [6.45, 7) is 2.14. The molecule has 6 heteroatoms. The Morgan fingerprint density at radius 1 is 1.21 bits per heavy atom. The average molecular weight is 411 g/mol. The van der Waals surface area contributed by atoms with Crippen molar-refractivity contribution in [2.24, 2.45) is 0 Å². The lowest BCUT2D eigenvalue weighted by Gasteiger charge is -2.13. The molecule has 1 amide bonds. The van der Waals surface area contributed by atoms with E-state index in [1.165, 1.54) is 0 Å². The Morgan fingerprint density at radius 3 is 2.62 bits per heavy atom. The van der Waals surface area contributed by atoms with Crippen LogP contribution < -0.4 is 5.32 Å². The first kappa shape index (κ1) is 18.5. The van der Waals surface area contributed by atoms with Crippen LogP contribution in [-0.2, 0) is 9.53 Å². The van der Waals surface area contributed by atoms with Gasteiger partial charge in [0.25, 0.3) is 5.91 Å². The van der Waals surface area contributed by atoms with Crippen molar-refractivity contribution in [3.8, 4) is 0 Å². The number of carbonyl (C=O) groups is 2. The zero-order valence-corrected chi connectivity index (χ0v) is 15.4. The molecule has 0 saturated heterocycles. The van der Waals surface area contributed by atoms with Crippen LogP contribution >= 0.6 is 27.5 Å². The van der Waals surface area contributed by atoms with E-state index < -0.39 is 5.97 Å². The molecule has 0 aliphatic heterocycles. The Labute approximate surface area is 154 Å². The molecule has 2 rings (SSSR count). The second-order valence-corrected chi connectivity index (χ2v) is 6.64. The van der Waals surface area contributed by atoms with Crippen LogP contribution in [0.5, 0.6) is 0 Å². The highest BCUT2D eigenvalue weighted by molar-refractivity contribution is 9.10. The molecule has 1 N–H and O–H groups in total. The van der Waals surface area contributed by atoms with Crippen molar-refractivity contribution in [3.63, 3.8) is 0 Å². The maximum atomic E-state index is 12.0. The molecule has 2 aromatic rings. The maximum absolute atomic E-state index is 12.0. The van der Waals surface area contributed by atoms with Gasteiger partial charge in [0.05, 0.1) is 10.6 Å². The summed E-state index contributed by atoms with van der Waals surface area (Å²) in [7, 11) is 0. The van der Waals surface area contributed by atoms with Gasteiger partial charge >= 0.3 is 5.97 Å². The Balaban J connectivity index is 1.81. The van der Waals surface area contributed by atoms with Crippen molar-refractivity contribution in [2.45, 2.75) is 12.8 Å². The van der Waals surface area contributed by atoms with Crippen LogP contribution in [0.3, 0.4) is 0 Å². The number of nitrogens with one attached hydrogen (secondary N) is 1. The minimum Gasteiger partial charge on any atom is -0.452 e. The molecule has 24 heavy (non-hydrogen) atoms. The van der Waals surface area contributed by atoms with Crippen molar-refractivity contribution in [2.75, 3.05) is 13.2 Å². The number of hydrogen-bond acceptors (Lipinski definition) is 3. The van der Waals surface area contributed by atoms with Gasteiger partial charge in [-0.05, 0) is 29.7 Å². The third-order valence-corrected chi connectivity index (χ3v) is 4.28. The molecule has 0 heterocycles. The van der Waals surface area contributed by atoms with Gasteiger partial charge in [0.15, 0.2) is 6.61 Å². The molecule has 0 radical (unpaired) electrons. The molecule has 0 fully saturated rings. The first-order valence-electron chi connectivity index (χ1n) is 7.41. The lowest BCUT2D eigenvalue weighted by molar-refractivity contribution is -0.124. The first-order valence-corrected chi connectivity index (χ1v) is 8.58. The van der Waals surface area contributed by atoms with E-state index in [1.807, 2.05) is 37.3 Å². The normalized spacial score (nSPS) is 11.6. The van der Waals surface area contributed by atoms with E-state index >= 15 is 0 Å². The van der Waals surface area contributed by atoms with E-state index in [2.05, 4.69) is 21.2 Å². The van der Waals surface area contributed by atoms with Crippen molar-refractivity contribution < 1.29 is 14.3 Å². The molecule has 0 unspecified atom stereocenters. The summed E-state index contributed by atoms with van der Waals surface area (Å²) in [6, 6.07) is 14.7. The van der Waals surface area contributed by atoms with E-state index in [1.54, 1.807) is 18.2 Å². The summed E-state index contributed by atoms with van der Waals surface area (Å²) in [5.74, 6) is -0.810. The number of esters is 1. The summed E-state index contributed by atoms with van der Waals surface area (Å²) in [5, 5.41) is 3.03. The van der Waals surface area contributed by atoms with Gasteiger partial charge in [0.1, 0.15) is 0 Å². The highest BCUT2D eigenvalue weighted by Gasteiger charge is 2.15. The minimum absolute atomic E-state index is 0.172. The molecule has 4 nitrogen and oxygen atoms in total. The van der Waals surface area contributed by atoms with Crippen LogP contribution in [0.15, 0.2) is 53.0 Å². The van der Waals surface area contributed by atoms with Crippen molar-refractivity contribution in [3.05, 3.63) is 69.2 Å². The quantitative estimate of drug-likeness (QED) is 0.727. The van der Waals surface area contributed by atoms with Crippen LogP contribution in [0.1, 0.15) is 28.8 Å². The van der Waals surface area contributed by atoms with Crippen LogP contribution in [0.25, 0.3) is 0 Å². The number of benzene rings is 2. The van der Waals surface area contributed by atoms with Crippen LogP contribution in [-0.4, -0.2) is 25.0 Å². The highest BCUT2D eigenvalue weighted by atomic mass is 79.9. The van der Waals surface area contributed by atoms with Crippen molar-refractivity contribution >= 4 is 39.4 Å². The van der Waals surface area contributed by atoms with Gasteiger partial charge < -0.3 is 10.1 Å². The number of carbonyl (C=O) groups excluding carboxylic acids is 2. The topological polar surface area (TPSA) is 55.4 Å².